The Morgan fingerprint density at radius 2 is 1.73 bits per heavy atom. The topological polar surface area (TPSA) is 69.7 Å². The molecule has 2 rings (SSSR count). The summed E-state index contributed by atoms with van der Waals surface area (Å²) in [7, 11) is -0.727. The molecule has 1 amide bonds. The Balaban J connectivity index is 2.11. The molecule has 0 aromatic heterocycles. The second-order valence-electron chi connectivity index (χ2n) is 6.83. The van der Waals surface area contributed by atoms with Crippen LogP contribution in [0.2, 0.25) is 0 Å². The fraction of sp³-hybridized carbons (Fsp3) is 0.350. The molecule has 0 aliphatic rings. The summed E-state index contributed by atoms with van der Waals surface area (Å²) in [5.74, 6) is -0.592. The molecular weight excluding hydrogens is 419 g/mol. The summed E-state index contributed by atoms with van der Waals surface area (Å²) >= 11 is 0. The molecule has 0 bridgehead atoms. The van der Waals surface area contributed by atoms with Crippen molar-refractivity contribution >= 4 is 21.6 Å². The Bertz CT molecular complexity index is 992. The van der Waals surface area contributed by atoms with Crippen molar-refractivity contribution in [1.82, 2.24) is 9.21 Å². The number of anilines is 1. The van der Waals surface area contributed by atoms with Crippen LogP contribution in [0.1, 0.15) is 18.1 Å². The fourth-order valence-corrected chi connectivity index (χ4v) is 3.76. The number of para-hydroxylation sites is 1. The third kappa shape index (κ3) is 6.04. The maximum absolute atomic E-state index is 13.1. The number of rotatable bonds is 8. The Morgan fingerprint density at radius 3 is 2.33 bits per heavy atom. The third-order valence-electron chi connectivity index (χ3n) is 4.40. The number of amides is 1. The number of carbonyl (C=O) groups is 1. The zero-order valence-corrected chi connectivity index (χ0v) is 17.7. The largest absolute Gasteiger partial charge is 0.418 e. The zero-order valence-electron chi connectivity index (χ0n) is 16.9. The van der Waals surface area contributed by atoms with Crippen LogP contribution in [0.3, 0.4) is 0 Å². The summed E-state index contributed by atoms with van der Waals surface area (Å²) < 4.78 is 65.0. The number of benzene rings is 2. The highest BCUT2D eigenvalue weighted by Crippen LogP contribution is 2.34. The van der Waals surface area contributed by atoms with Gasteiger partial charge in [-0.15, -0.1) is 0 Å². The summed E-state index contributed by atoms with van der Waals surface area (Å²) in [6, 6.07) is 11.1. The minimum absolute atomic E-state index is 0.129. The molecule has 0 aliphatic carbocycles. The predicted molar refractivity (Wildman–Crippen MR) is 108 cm³/mol. The van der Waals surface area contributed by atoms with Crippen LogP contribution in [0.5, 0.6) is 0 Å². The van der Waals surface area contributed by atoms with Gasteiger partial charge in [-0.3, -0.25) is 9.69 Å². The van der Waals surface area contributed by atoms with Crippen LogP contribution in [0.15, 0.2) is 53.4 Å². The van der Waals surface area contributed by atoms with Crippen LogP contribution in [-0.2, 0) is 27.5 Å². The average Bonchev–Trinajstić information content (AvgIpc) is 2.67. The van der Waals surface area contributed by atoms with E-state index >= 15 is 0 Å². The van der Waals surface area contributed by atoms with Crippen LogP contribution in [0, 0.1) is 0 Å². The SMILES string of the molecule is CCN(CC(=O)Nc1ccccc1C(F)(F)F)Cc1cccc(S(=O)(=O)N(C)C)c1. The van der Waals surface area contributed by atoms with Gasteiger partial charge in [-0.2, -0.15) is 13.2 Å². The maximum atomic E-state index is 13.1. The van der Waals surface area contributed by atoms with Crippen LogP contribution in [0.25, 0.3) is 0 Å². The van der Waals surface area contributed by atoms with E-state index in [4.69, 9.17) is 0 Å². The number of nitrogens with zero attached hydrogens (tertiary/aromatic N) is 2. The second kappa shape index (κ2) is 9.59. The van der Waals surface area contributed by atoms with E-state index in [1.807, 2.05) is 0 Å². The molecule has 0 atom stereocenters. The van der Waals surface area contributed by atoms with Gasteiger partial charge in [0.05, 0.1) is 22.7 Å². The second-order valence-corrected chi connectivity index (χ2v) is 8.98. The molecule has 10 heteroatoms. The number of likely N-dealkylation sites (N-methyl/N-ethyl adjacent to an activating group) is 1. The van der Waals surface area contributed by atoms with Gasteiger partial charge in [-0.25, -0.2) is 12.7 Å². The molecule has 0 saturated heterocycles. The van der Waals surface area contributed by atoms with Crippen LogP contribution in [0.4, 0.5) is 18.9 Å². The minimum atomic E-state index is -4.58. The number of carbonyl (C=O) groups excluding carboxylic acids is 1. The lowest BCUT2D eigenvalue weighted by Gasteiger charge is -2.21. The van der Waals surface area contributed by atoms with Crippen molar-refractivity contribution in [3.63, 3.8) is 0 Å². The van der Waals surface area contributed by atoms with Gasteiger partial charge in [-0.1, -0.05) is 31.2 Å². The molecule has 0 unspecified atom stereocenters. The van der Waals surface area contributed by atoms with Crippen LogP contribution in [-0.4, -0.2) is 50.7 Å². The Hall–Kier alpha value is -2.43. The first-order valence-electron chi connectivity index (χ1n) is 9.15. The van der Waals surface area contributed by atoms with E-state index in [0.717, 1.165) is 10.4 Å². The molecule has 6 nitrogen and oxygen atoms in total. The lowest BCUT2D eigenvalue weighted by Crippen LogP contribution is -2.33. The van der Waals surface area contributed by atoms with Gasteiger partial charge >= 0.3 is 6.18 Å². The van der Waals surface area contributed by atoms with Crippen molar-refractivity contribution < 1.29 is 26.4 Å². The highest BCUT2D eigenvalue weighted by Gasteiger charge is 2.33. The first-order chi connectivity index (χ1) is 13.9. The predicted octanol–water partition coefficient (Wildman–Crippen LogP) is 3.42. The van der Waals surface area contributed by atoms with E-state index in [9.17, 15) is 26.4 Å². The first-order valence-corrected chi connectivity index (χ1v) is 10.6. The molecule has 1 N–H and O–H groups in total. The van der Waals surface area contributed by atoms with Gasteiger partial charge in [0, 0.05) is 20.6 Å². The number of alkyl halides is 3. The van der Waals surface area contributed by atoms with Crippen LogP contribution < -0.4 is 5.32 Å². The summed E-state index contributed by atoms with van der Waals surface area (Å²) in [5.41, 5.74) is -0.545. The van der Waals surface area contributed by atoms with Gasteiger partial charge in [0.15, 0.2) is 0 Å². The van der Waals surface area contributed by atoms with Gasteiger partial charge in [0.1, 0.15) is 0 Å². The van der Waals surface area contributed by atoms with Crippen molar-refractivity contribution in [1.29, 1.82) is 0 Å². The smallest absolute Gasteiger partial charge is 0.324 e. The van der Waals surface area contributed by atoms with Gasteiger partial charge in [-0.05, 0) is 36.4 Å². The van der Waals surface area contributed by atoms with E-state index in [1.54, 1.807) is 24.0 Å². The lowest BCUT2D eigenvalue weighted by molar-refractivity contribution is -0.137. The maximum Gasteiger partial charge on any atom is 0.418 e. The van der Waals surface area contributed by atoms with Crippen molar-refractivity contribution in [2.24, 2.45) is 0 Å². The summed E-state index contributed by atoms with van der Waals surface area (Å²) in [6.45, 7) is 2.37. The molecule has 0 spiro atoms. The average molecular weight is 443 g/mol. The number of halogens is 3. The van der Waals surface area contributed by atoms with E-state index in [2.05, 4.69) is 5.32 Å². The van der Waals surface area contributed by atoms with Crippen molar-refractivity contribution in [3.05, 3.63) is 59.7 Å². The van der Waals surface area contributed by atoms with E-state index in [1.165, 1.54) is 44.4 Å². The molecule has 0 saturated carbocycles. The molecule has 0 aliphatic heterocycles. The standard InChI is InChI=1S/C20H24F3N3O3S/c1-4-26(13-15-8-7-9-16(12-15)30(28,29)25(2)3)14-19(27)24-18-11-6-5-10-17(18)20(21,22)23/h5-12H,4,13-14H2,1-3H3,(H,24,27). The van der Waals surface area contributed by atoms with Crippen molar-refractivity contribution in [2.45, 2.75) is 24.5 Å². The van der Waals surface area contributed by atoms with Gasteiger partial charge in [0.2, 0.25) is 15.9 Å². The number of hydrogen-bond acceptors (Lipinski definition) is 4. The Labute approximate surface area is 174 Å². The quantitative estimate of drug-likeness (QED) is 0.679. The molecule has 2 aromatic carbocycles. The minimum Gasteiger partial charge on any atom is -0.324 e. The third-order valence-corrected chi connectivity index (χ3v) is 6.22. The fourth-order valence-electron chi connectivity index (χ4n) is 2.78. The molecule has 0 fully saturated rings. The zero-order chi connectivity index (χ0) is 22.5. The molecule has 2 aromatic rings. The van der Waals surface area contributed by atoms with Crippen molar-refractivity contribution in [3.8, 4) is 0 Å². The number of nitrogens with one attached hydrogen (secondary N) is 1. The Kier molecular flexibility index (Phi) is 7.62. The molecule has 164 valence electrons. The highest BCUT2D eigenvalue weighted by atomic mass is 32.2. The van der Waals surface area contributed by atoms with E-state index in [0.29, 0.717) is 12.1 Å². The highest BCUT2D eigenvalue weighted by molar-refractivity contribution is 7.89. The van der Waals surface area contributed by atoms with E-state index < -0.39 is 27.7 Å². The van der Waals surface area contributed by atoms with Crippen LogP contribution >= 0.6 is 0 Å². The number of sulfonamides is 1. The van der Waals surface area contributed by atoms with Crippen molar-refractivity contribution in [2.75, 3.05) is 32.5 Å². The molecule has 0 radical (unpaired) electrons. The molecular formula is C20H24F3N3O3S. The van der Waals surface area contributed by atoms with Gasteiger partial charge < -0.3 is 5.32 Å². The monoisotopic (exact) mass is 443 g/mol. The first kappa shape index (κ1) is 23.8. The summed E-state index contributed by atoms with van der Waals surface area (Å²) in [5, 5.41) is 2.32. The van der Waals surface area contributed by atoms with Gasteiger partial charge in [0.25, 0.3) is 0 Å². The molecule has 30 heavy (non-hydrogen) atoms. The normalized spacial score (nSPS) is 12.4. The van der Waals surface area contributed by atoms with E-state index in [-0.39, 0.29) is 23.7 Å². The number of hydrogen-bond donors (Lipinski definition) is 1. The summed E-state index contributed by atoms with van der Waals surface area (Å²) in [4.78, 5) is 14.2. The lowest BCUT2D eigenvalue weighted by atomic mass is 10.1. The Morgan fingerprint density at radius 1 is 1.07 bits per heavy atom. The molecule has 0 heterocycles. The summed E-state index contributed by atoms with van der Waals surface area (Å²) in [6.07, 6.45) is -4.58.